The van der Waals surface area contributed by atoms with E-state index >= 15 is 0 Å². The first kappa shape index (κ1) is 8.01. The van der Waals surface area contributed by atoms with Gasteiger partial charge in [-0.25, -0.2) is 0 Å². The van der Waals surface area contributed by atoms with E-state index in [0.29, 0.717) is 12.1 Å². The Morgan fingerprint density at radius 2 is 2.33 bits per heavy atom. The lowest BCUT2D eigenvalue weighted by atomic mass is 10.3. The van der Waals surface area contributed by atoms with E-state index in [9.17, 15) is 4.79 Å². The molecule has 52 valence electrons. The smallest absolute Gasteiger partial charge is 0.303 e. The minimum atomic E-state index is -0.785. The van der Waals surface area contributed by atoms with Gasteiger partial charge in [0.15, 0.2) is 0 Å². The Bertz CT molecular complexity index is 125. The van der Waals surface area contributed by atoms with Crippen molar-refractivity contribution in [2.45, 2.75) is 19.8 Å². The van der Waals surface area contributed by atoms with Crippen molar-refractivity contribution in [1.29, 1.82) is 0 Å². The minimum Gasteiger partial charge on any atom is -0.481 e. The third kappa shape index (κ3) is 7.01. The predicted molar refractivity (Wildman–Crippen MR) is 34.8 cm³/mol. The summed E-state index contributed by atoms with van der Waals surface area (Å²) in [4.78, 5) is 9.91. The Balaban J connectivity index is 3.31. The summed E-state index contributed by atoms with van der Waals surface area (Å²) in [6.45, 7) is 1.74. The Kier molecular flexibility index (Phi) is 3.51. The van der Waals surface area contributed by atoms with Gasteiger partial charge < -0.3 is 10.8 Å². The Morgan fingerprint density at radius 3 is 2.67 bits per heavy atom. The van der Waals surface area contributed by atoms with Crippen molar-refractivity contribution in [2.24, 2.45) is 5.73 Å². The molecule has 0 unspecified atom stereocenters. The molecule has 3 heteroatoms. The topological polar surface area (TPSA) is 63.3 Å². The van der Waals surface area contributed by atoms with Crippen molar-refractivity contribution >= 4 is 5.97 Å². The standard InChI is InChI=1S/C6H11NO2/c1-5(7)3-2-4-6(8)9/h3H,2,4,7H2,1H3,(H,8,9)/b5-3-. The summed E-state index contributed by atoms with van der Waals surface area (Å²) < 4.78 is 0. The summed E-state index contributed by atoms with van der Waals surface area (Å²) in [6, 6.07) is 0. The van der Waals surface area contributed by atoms with Gasteiger partial charge in [0.1, 0.15) is 0 Å². The van der Waals surface area contributed by atoms with Crippen molar-refractivity contribution in [3.63, 3.8) is 0 Å². The highest BCUT2D eigenvalue weighted by Gasteiger charge is 1.91. The summed E-state index contributed by atoms with van der Waals surface area (Å²) in [5.41, 5.74) is 5.92. The predicted octanol–water partition coefficient (Wildman–Crippen LogP) is 0.714. The average Bonchev–Trinajstić information content (AvgIpc) is 1.63. The Hall–Kier alpha value is -0.990. The Morgan fingerprint density at radius 1 is 1.78 bits per heavy atom. The number of rotatable bonds is 3. The van der Waals surface area contributed by atoms with Gasteiger partial charge in [-0.2, -0.15) is 0 Å². The average molecular weight is 129 g/mol. The molecule has 0 radical (unpaired) electrons. The van der Waals surface area contributed by atoms with E-state index in [0.717, 1.165) is 0 Å². The monoisotopic (exact) mass is 129 g/mol. The van der Waals surface area contributed by atoms with Crippen molar-refractivity contribution in [3.8, 4) is 0 Å². The lowest BCUT2D eigenvalue weighted by Gasteiger charge is -1.88. The fraction of sp³-hybridized carbons (Fsp3) is 0.500. The molecule has 0 aromatic carbocycles. The first-order chi connectivity index (χ1) is 4.13. The lowest BCUT2D eigenvalue weighted by Crippen LogP contribution is -1.94. The van der Waals surface area contributed by atoms with Crippen LogP contribution in [0.1, 0.15) is 19.8 Å². The van der Waals surface area contributed by atoms with Gasteiger partial charge in [-0.05, 0) is 13.3 Å². The van der Waals surface area contributed by atoms with E-state index in [1.165, 1.54) is 0 Å². The van der Waals surface area contributed by atoms with Crippen LogP contribution >= 0.6 is 0 Å². The van der Waals surface area contributed by atoms with Gasteiger partial charge in [0.2, 0.25) is 0 Å². The van der Waals surface area contributed by atoms with Crippen LogP contribution in [0.5, 0.6) is 0 Å². The number of allylic oxidation sites excluding steroid dienone is 2. The molecule has 0 aliphatic carbocycles. The van der Waals surface area contributed by atoms with E-state index in [-0.39, 0.29) is 6.42 Å². The van der Waals surface area contributed by atoms with E-state index < -0.39 is 5.97 Å². The maximum absolute atomic E-state index is 9.91. The minimum absolute atomic E-state index is 0.161. The van der Waals surface area contributed by atoms with Gasteiger partial charge in [-0.15, -0.1) is 0 Å². The van der Waals surface area contributed by atoms with Crippen LogP contribution in [-0.4, -0.2) is 11.1 Å². The van der Waals surface area contributed by atoms with Crippen molar-refractivity contribution in [3.05, 3.63) is 11.8 Å². The largest absolute Gasteiger partial charge is 0.481 e. The summed E-state index contributed by atoms with van der Waals surface area (Å²) in [7, 11) is 0. The third-order valence-electron chi connectivity index (χ3n) is 0.825. The number of hydrogen-bond donors (Lipinski definition) is 2. The summed E-state index contributed by atoms with van der Waals surface area (Å²) in [5.74, 6) is -0.785. The van der Waals surface area contributed by atoms with Crippen molar-refractivity contribution in [2.75, 3.05) is 0 Å². The number of aliphatic carboxylic acids is 1. The van der Waals surface area contributed by atoms with Crippen LogP contribution in [0.25, 0.3) is 0 Å². The van der Waals surface area contributed by atoms with Gasteiger partial charge in [0.25, 0.3) is 0 Å². The molecule has 0 aromatic rings. The molecule has 0 saturated carbocycles. The molecular weight excluding hydrogens is 118 g/mol. The molecule has 0 bridgehead atoms. The highest BCUT2D eigenvalue weighted by atomic mass is 16.4. The number of carboxylic acid groups (broad SMARTS) is 1. The zero-order valence-electron chi connectivity index (χ0n) is 5.42. The molecule has 3 nitrogen and oxygen atoms in total. The van der Waals surface area contributed by atoms with Crippen LogP contribution in [-0.2, 0) is 4.79 Å². The first-order valence-corrected chi connectivity index (χ1v) is 2.77. The molecule has 0 rings (SSSR count). The van der Waals surface area contributed by atoms with Crippen LogP contribution < -0.4 is 5.73 Å². The molecule has 0 saturated heterocycles. The molecule has 0 heterocycles. The second-order valence-corrected chi connectivity index (χ2v) is 1.88. The molecule has 0 aromatic heterocycles. The molecule has 0 fully saturated rings. The SMILES string of the molecule is C/C(N)=C/CCC(=O)O. The van der Waals surface area contributed by atoms with Gasteiger partial charge in [-0.3, -0.25) is 4.79 Å². The van der Waals surface area contributed by atoms with E-state index in [1.807, 2.05) is 0 Å². The summed E-state index contributed by atoms with van der Waals surface area (Å²) >= 11 is 0. The van der Waals surface area contributed by atoms with Crippen LogP contribution in [0.15, 0.2) is 11.8 Å². The first-order valence-electron chi connectivity index (χ1n) is 2.77. The number of hydrogen-bond acceptors (Lipinski definition) is 2. The molecule has 3 N–H and O–H groups in total. The maximum atomic E-state index is 9.91. The van der Waals surface area contributed by atoms with Crippen LogP contribution in [0.4, 0.5) is 0 Å². The third-order valence-corrected chi connectivity index (χ3v) is 0.825. The summed E-state index contributed by atoms with van der Waals surface area (Å²) in [6.07, 6.45) is 2.39. The van der Waals surface area contributed by atoms with Gasteiger partial charge in [0, 0.05) is 12.1 Å². The number of nitrogens with two attached hydrogens (primary N) is 1. The van der Waals surface area contributed by atoms with Gasteiger partial charge >= 0.3 is 5.97 Å². The normalized spacial score (nSPS) is 11.4. The molecule has 0 spiro atoms. The quantitative estimate of drug-likeness (QED) is 0.590. The molecule has 0 aliphatic rings. The molecule has 0 aliphatic heterocycles. The fourth-order valence-corrected chi connectivity index (χ4v) is 0.423. The highest BCUT2D eigenvalue weighted by molar-refractivity contribution is 5.66. The van der Waals surface area contributed by atoms with Gasteiger partial charge in [-0.1, -0.05) is 6.08 Å². The second-order valence-electron chi connectivity index (χ2n) is 1.88. The second kappa shape index (κ2) is 3.95. The molecule has 0 atom stereocenters. The van der Waals surface area contributed by atoms with E-state index in [4.69, 9.17) is 10.8 Å². The Labute approximate surface area is 54.2 Å². The van der Waals surface area contributed by atoms with Crippen LogP contribution in [0, 0.1) is 0 Å². The number of carboxylic acids is 1. The molecule has 0 amide bonds. The van der Waals surface area contributed by atoms with Crippen LogP contribution in [0.2, 0.25) is 0 Å². The fourth-order valence-electron chi connectivity index (χ4n) is 0.423. The van der Waals surface area contributed by atoms with E-state index in [2.05, 4.69) is 0 Å². The molecule has 9 heavy (non-hydrogen) atoms. The van der Waals surface area contributed by atoms with Crippen LogP contribution in [0.3, 0.4) is 0 Å². The zero-order chi connectivity index (χ0) is 7.28. The lowest BCUT2D eigenvalue weighted by molar-refractivity contribution is -0.136. The van der Waals surface area contributed by atoms with Crippen molar-refractivity contribution in [1.82, 2.24) is 0 Å². The molecular formula is C6H11NO2. The van der Waals surface area contributed by atoms with Gasteiger partial charge in [0.05, 0.1) is 0 Å². The summed E-state index contributed by atoms with van der Waals surface area (Å²) in [5, 5.41) is 8.16. The number of carbonyl (C=O) groups is 1. The van der Waals surface area contributed by atoms with Crippen molar-refractivity contribution < 1.29 is 9.90 Å². The maximum Gasteiger partial charge on any atom is 0.303 e. The highest BCUT2D eigenvalue weighted by Crippen LogP contribution is 1.92. The zero-order valence-corrected chi connectivity index (χ0v) is 5.42. The van der Waals surface area contributed by atoms with E-state index in [1.54, 1.807) is 13.0 Å².